The van der Waals surface area contributed by atoms with E-state index in [-0.39, 0.29) is 108 Å². The molecule has 0 saturated heterocycles. The molecule has 0 spiro atoms. The van der Waals surface area contributed by atoms with E-state index in [1.165, 1.54) is 36.4 Å². The molecule has 36 nitrogen and oxygen atoms in total. The van der Waals surface area contributed by atoms with Crippen molar-refractivity contribution in [2.75, 3.05) is 0 Å². The zero-order valence-corrected chi connectivity index (χ0v) is 55.8. The molecule has 541 valence electrons. The Kier molecular flexibility index (Phi) is 15.9. The van der Waals surface area contributed by atoms with Gasteiger partial charge in [-0.1, -0.05) is 121 Å². The predicted molar refractivity (Wildman–Crippen MR) is 376 cm³/mol. The average Bonchev–Trinajstić information content (AvgIpc) is 1.62. The van der Waals surface area contributed by atoms with E-state index < -0.39 is 148 Å². The summed E-state index contributed by atoms with van der Waals surface area (Å²) in [7, 11) is 0. The number of nitrogens with zero attached hydrogens (tertiary/aromatic N) is 12. The van der Waals surface area contributed by atoms with Crippen LogP contribution in [0.1, 0.15) is 104 Å². The summed E-state index contributed by atoms with van der Waals surface area (Å²) in [6.45, 7) is 0. The summed E-state index contributed by atoms with van der Waals surface area (Å²) in [5, 5.41) is 108. The molecule has 16 bridgehead atoms. The van der Waals surface area contributed by atoms with E-state index in [9.17, 15) is 99.0 Å². The first kappa shape index (κ1) is 69.1. The standard InChI is InChI=1S/2C37H18N8O10.Cu/c2*46-33(47)17-11-5-10-16-18(17)30-43-29(16)41-27-13-7-2-1-6-12(13)25(39-27)38-26-14-8-3-4-9-15(14)28(40-26)42-31-19-20(32(44-30)45-31)22(35(50)51)24(37(54)55)23(36(52)53)21(19)34(48)49;/h2*1-11H,(H,46,47)(H,48,49)(H,50,51)(H,52,53)(H,54,55)(H2,38,39,40,41,42,43,44,45);/q;;+2/p-2. The van der Waals surface area contributed by atoms with Crippen LogP contribution in [0.15, 0.2) is 133 Å². The molecule has 0 unspecified atom stereocenters. The zero-order chi connectivity index (χ0) is 76.9. The number of fused-ring (bicyclic) bond motifs is 40. The van der Waals surface area contributed by atoms with Crippen molar-refractivity contribution in [2.45, 2.75) is 0 Å². The first-order valence-corrected chi connectivity index (χ1v) is 31.9. The van der Waals surface area contributed by atoms with Gasteiger partial charge in [0.25, 0.3) is 0 Å². The van der Waals surface area contributed by atoms with E-state index in [1.54, 1.807) is 97.1 Å². The second-order valence-corrected chi connectivity index (χ2v) is 24.4. The molecule has 14 aromatic rings. The molecule has 4 aliphatic heterocycles. The van der Waals surface area contributed by atoms with Gasteiger partial charge in [-0.05, 0) is 12.1 Å². The number of aromatic nitrogens is 16. The fourth-order valence-corrected chi connectivity index (χ4v) is 14.0. The predicted octanol–water partition coefficient (Wildman–Crippen LogP) is 8.05. The molecule has 37 heteroatoms. The molecule has 0 saturated carbocycles. The number of H-pyrrole nitrogens is 4. The molecule has 4 aliphatic rings. The Morgan fingerprint density at radius 2 is 0.450 bits per heavy atom. The minimum Gasteiger partial charge on any atom is -0.545 e. The van der Waals surface area contributed by atoms with Crippen molar-refractivity contribution in [2.24, 2.45) is 0 Å². The molecule has 0 atom stereocenters. The van der Waals surface area contributed by atoms with Crippen LogP contribution < -0.4 is 10.2 Å². The number of hydrogen-bond donors (Lipinski definition) is 12. The fourth-order valence-electron chi connectivity index (χ4n) is 14.0. The largest absolute Gasteiger partial charge is 2.00 e. The van der Waals surface area contributed by atoms with Crippen molar-refractivity contribution in [1.29, 1.82) is 0 Å². The van der Waals surface area contributed by atoms with Gasteiger partial charge in [-0.3, -0.25) is 0 Å². The van der Waals surface area contributed by atoms with Crippen molar-refractivity contribution >= 4 is 148 Å². The third-order valence-electron chi connectivity index (χ3n) is 18.4. The number of carboxylic acids is 10. The molecular formula is C74H34CuN16O20. The number of aromatic carboxylic acids is 10. The fraction of sp³-hybridized carbons (Fsp3) is 0. The Hall–Kier alpha value is -16.3. The van der Waals surface area contributed by atoms with Gasteiger partial charge in [0.05, 0.1) is 56.4 Å². The summed E-state index contributed by atoms with van der Waals surface area (Å²) >= 11 is 0. The summed E-state index contributed by atoms with van der Waals surface area (Å²) in [4.78, 5) is 195. The van der Waals surface area contributed by atoms with Gasteiger partial charge in [-0.25, -0.2) is 98.2 Å². The van der Waals surface area contributed by atoms with E-state index in [0.29, 0.717) is 55.1 Å². The Balaban J connectivity index is 0.000000167. The number of rotatable bonds is 10. The molecule has 6 aromatic heterocycles. The second kappa shape index (κ2) is 25.5. The van der Waals surface area contributed by atoms with Gasteiger partial charge in [-0.2, -0.15) is 0 Å². The molecule has 8 aromatic carbocycles. The summed E-state index contributed by atoms with van der Waals surface area (Å²) in [6.07, 6.45) is 0. The van der Waals surface area contributed by atoms with Crippen LogP contribution in [-0.2, 0) is 17.1 Å². The molecule has 1 radical (unpaired) electrons. The van der Waals surface area contributed by atoms with Crippen LogP contribution in [0.25, 0.3) is 179 Å². The van der Waals surface area contributed by atoms with E-state index in [1.807, 2.05) is 0 Å². The Labute approximate surface area is 621 Å². The van der Waals surface area contributed by atoms with Crippen molar-refractivity contribution in [3.05, 3.63) is 189 Å². The van der Waals surface area contributed by atoms with Crippen molar-refractivity contribution in [3.8, 4) is 91.1 Å². The maximum Gasteiger partial charge on any atom is 2.00 e. The Morgan fingerprint density at radius 3 is 0.721 bits per heavy atom. The third-order valence-corrected chi connectivity index (χ3v) is 18.4. The molecule has 12 N–H and O–H groups in total. The van der Waals surface area contributed by atoms with Crippen LogP contribution >= 0.6 is 0 Å². The number of carboxylic acid groups (broad SMARTS) is 10. The van der Waals surface area contributed by atoms with Gasteiger partial charge >= 0.3 is 64.8 Å². The number of carbonyl (C=O) groups is 10. The van der Waals surface area contributed by atoms with E-state index in [4.69, 9.17) is 19.9 Å². The summed E-state index contributed by atoms with van der Waals surface area (Å²) in [5.41, 5.74) is -9.72. The van der Waals surface area contributed by atoms with Crippen molar-refractivity contribution < 1.29 is 116 Å². The quantitative estimate of drug-likeness (QED) is 0.0576. The topological polar surface area (TPSA) is 596 Å². The molecule has 10 heterocycles. The summed E-state index contributed by atoms with van der Waals surface area (Å²) < 4.78 is 0. The van der Waals surface area contributed by atoms with Gasteiger partial charge in [-0.15, -0.1) is 0 Å². The van der Waals surface area contributed by atoms with Gasteiger partial charge in [0.1, 0.15) is 45.2 Å². The Bertz CT molecular complexity index is 6770. The van der Waals surface area contributed by atoms with Gasteiger partial charge in [0.2, 0.25) is 0 Å². The molecule has 111 heavy (non-hydrogen) atoms. The molecule has 18 rings (SSSR count). The minimum atomic E-state index is -2.17. The maximum atomic E-state index is 13.0. The first-order valence-electron chi connectivity index (χ1n) is 31.9. The van der Waals surface area contributed by atoms with Crippen LogP contribution in [0, 0.1) is 0 Å². The van der Waals surface area contributed by atoms with Crippen LogP contribution in [-0.4, -0.2) is 180 Å². The van der Waals surface area contributed by atoms with E-state index >= 15 is 0 Å². The Morgan fingerprint density at radius 1 is 0.234 bits per heavy atom. The van der Waals surface area contributed by atoms with Crippen LogP contribution in [0.3, 0.4) is 0 Å². The van der Waals surface area contributed by atoms with Crippen LogP contribution in [0.5, 0.6) is 0 Å². The number of carbonyl (C=O) groups excluding carboxylic acids is 2. The zero-order valence-electron chi connectivity index (χ0n) is 54.8. The smallest absolute Gasteiger partial charge is 0.545 e. The normalized spacial score (nSPS) is 11.5. The average molecular weight is 1530 g/mol. The maximum absolute atomic E-state index is 13.0. The molecule has 0 aliphatic carbocycles. The summed E-state index contributed by atoms with van der Waals surface area (Å²) in [5.74, 6) is -20.0. The van der Waals surface area contributed by atoms with Crippen molar-refractivity contribution in [3.63, 3.8) is 0 Å². The van der Waals surface area contributed by atoms with Gasteiger partial charge in [0, 0.05) is 98.7 Å². The van der Waals surface area contributed by atoms with Crippen LogP contribution in [0.4, 0.5) is 0 Å². The van der Waals surface area contributed by atoms with Crippen LogP contribution in [0.2, 0.25) is 0 Å². The monoisotopic (exact) mass is 1530 g/mol. The minimum absolute atomic E-state index is 0. The number of benzene rings is 8. The SMILES string of the molecule is O=C(O)c1cccc2c1-c1nc-2nc2[nH]c(nc3nc(nc4[nH]c(n1)c1c(C(=O)O)c(C(=O)O)c(C(=O)O)c(C(=O)[O-])c41)-c1ccccc1-3)c1ccccc21.O=C(O)c1cccc2c1-c1nc-2nc2[nH]c(nc3nc(nc4[nH]c(n1)c1c(C(=O)O)c(C(=O)O)c(C(=O)O)c(C(=O)[O-])c41)-c1ccccc1-3)c1ccccc21.[Cu+2]. The number of hydrogen-bond acceptors (Lipinski definition) is 24. The molecule has 0 fully saturated rings. The third kappa shape index (κ3) is 10.7. The molecule has 0 amide bonds. The van der Waals surface area contributed by atoms with E-state index in [0.717, 1.165) is 0 Å². The van der Waals surface area contributed by atoms with Crippen molar-refractivity contribution in [1.82, 2.24) is 79.7 Å². The number of aromatic amines is 4. The summed E-state index contributed by atoms with van der Waals surface area (Å²) in [6, 6.07) is 36.3. The van der Waals surface area contributed by atoms with Gasteiger partial charge < -0.3 is 80.6 Å². The second-order valence-electron chi connectivity index (χ2n) is 24.4. The van der Waals surface area contributed by atoms with Gasteiger partial charge in [0.15, 0.2) is 46.6 Å². The molecular weight excluding hydrogens is 1500 g/mol. The van der Waals surface area contributed by atoms with E-state index in [2.05, 4.69) is 59.8 Å². The first-order chi connectivity index (χ1) is 52.8. The number of nitrogens with one attached hydrogen (secondary N) is 4.